The molecule has 3 nitrogen and oxygen atoms in total. The summed E-state index contributed by atoms with van der Waals surface area (Å²) in [5, 5.41) is 3.32. The monoisotopic (exact) mass is 285 g/mol. The van der Waals surface area contributed by atoms with Gasteiger partial charge in [0.25, 0.3) is 0 Å². The molecular weight excluding hydrogens is 269 g/mol. The lowest BCUT2D eigenvalue weighted by atomic mass is 9.88. The van der Waals surface area contributed by atoms with Crippen molar-refractivity contribution in [2.45, 2.75) is 12.5 Å². The minimum absolute atomic E-state index is 0.237. The molecule has 21 heavy (non-hydrogen) atoms. The molecule has 108 valence electrons. The summed E-state index contributed by atoms with van der Waals surface area (Å²) in [5.74, 6) is -0.623. The van der Waals surface area contributed by atoms with E-state index in [2.05, 4.69) is 5.32 Å². The molecule has 0 fully saturated rings. The average Bonchev–Trinajstić information content (AvgIpc) is 2.53. The first kappa shape index (κ1) is 13.8. The standard InChI is InChI=1S/C17H16FNO2/c1-21-17(20)12-7-6-11-8-9-19-16(14(11)10-12)13-4-2-3-5-15(13)18/h2-7,10,16,19H,8-9H2,1H3/t16-/m1/s1. The highest BCUT2D eigenvalue weighted by Gasteiger charge is 2.24. The lowest BCUT2D eigenvalue weighted by Crippen LogP contribution is -2.31. The van der Waals surface area contributed by atoms with Crippen LogP contribution in [0.1, 0.15) is 33.1 Å². The van der Waals surface area contributed by atoms with Crippen LogP contribution < -0.4 is 5.32 Å². The van der Waals surface area contributed by atoms with Gasteiger partial charge in [-0.05, 0) is 35.7 Å². The Balaban J connectivity index is 2.08. The third-order valence-corrected chi connectivity index (χ3v) is 3.84. The topological polar surface area (TPSA) is 38.3 Å². The van der Waals surface area contributed by atoms with Crippen LogP contribution in [-0.2, 0) is 11.2 Å². The van der Waals surface area contributed by atoms with Crippen LogP contribution in [0, 0.1) is 5.82 Å². The molecule has 1 aliphatic heterocycles. The number of carbonyl (C=O) groups is 1. The van der Waals surface area contributed by atoms with E-state index in [1.54, 1.807) is 24.3 Å². The Hall–Kier alpha value is -2.20. The van der Waals surface area contributed by atoms with Crippen LogP contribution >= 0.6 is 0 Å². The Kier molecular flexibility index (Phi) is 3.71. The number of rotatable bonds is 2. The quantitative estimate of drug-likeness (QED) is 0.862. The van der Waals surface area contributed by atoms with Crippen LogP contribution in [0.3, 0.4) is 0 Å². The van der Waals surface area contributed by atoms with Crippen LogP contribution in [0.4, 0.5) is 4.39 Å². The van der Waals surface area contributed by atoms with Gasteiger partial charge in [0.15, 0.2) is 0 Å². The predicted molar refractivity (Wildman–Crippen MR) is 77.7 cm³/mol. The number of fused-ring (bicyclic) bond motifs is 1. The van der Waals surface area contributed by atoms with E-state index in [4.69, 9.17) is 4.74 Å². The fourth-order valence-electron chi connectivity index (χ4n) is 2.78. The maximum atomic E-state index is 14.1. The highest BCUT2D eigenvalue weighted by molar-refractivity contribution is 5.89. The summed E-state index contributed by atoms with van der Waals surface area (Å²) >= 11 is 0. The zero-order valence-corrected chi connectivity index (χ0v) is 11.7. The molecule has 3 rings (SSSR count). The van der Waals surface area contributed by atoms with E-state index in [9.17, 15) is 9.18 Å². The molecule has 0 radical (unpaired) electrons. The first-order valence-electron chi connectivity index (χ1n) is 6.89. The van der Waals surface area contributed by atoms with Gasteiger partial charge in [-0.25, -0.2) is 9.18 Å². The van der Waals surface area contributed by atoms with Gasteiger partial charge in [0.1, 0.15) is 5.82 Å². The number of hydrogen-bond acceptors (Lipinski definition) is 3. The molecule has 0 saturated heterocycles. The number of ether oxygens (including phenoxy) is 1. The lowest BCUT2D eigenvalue weighted by molar-refractivity contribution is 0.0600. The van der Waals surface area contributed by atoms with Gasteiger partial charge < -0.3 is 10.1 Å². The highest BCUT2D eigenvalue weighted by Crippen LogP contribution is 2.31. The van der Waals surface area contributed by atoms with Crippen molar-refractivity contribution < 1.29 is 13.9 Å². The van der Waals surface area contributed by atoms with Gasteiger partial charge >= 0.3 is 5.97 Å². The third kappa shape index (κ3) is 2.54. The molecule has 0 saturated carbocycles. The van der Waals surface area contributed by atoms with Crippen LogP contribution in [0.2, 0.25) is 0 Å². The number of benzene rings is 2. The molecule has 0 aliphatic carbocycles. The average molecular weight is 285 g/mol. The second kappa shape index (κ2) is 5.66. The summed E-state index contributed by atoms with van der Waals surface area (Å²) in [4.78, 5) is 11.7. The largest absolute Gasteiger partial charge is 0.465 e. The van der Waals surface area contributed by atoms with Gasteiger partial charge in [0.05, 0.1) is 18.7 Å². The smallest absolute Gasteiger partial charge is 0.337 e. The van der Waals surface area contributed by atoms with Crippen molar-refractivity contribution in [2.24, 2.45) is 0 Å². The molecular formula is C17H16FNO2. The van der Waals surface area contributed by atoms with Crippen LogP contribution in [0.5, 0.6) is 0 Å². The molecule has 1 heterocycles. The predicted octanol–water partition coefficient (Wildman–Crippen LogP) is 2.85. The van der Waals surface area contributed by atoms with E-state index in [1.165, 1.54) is 13.2 Å². The van der Waals surface area contributed by atoms with E-state index in [-0.39, 0.29) is 17.8 Å². The molecule has 0 spiro atoms. The molecule has 0 amide bonds. The van der Waals surface area contributed by atoms with Gasteiger partial charge in [0, 0.05) is 12.1 Å². The van der Waals surface area contributed by atoms with Crippen molar-refractivity contribution in [3.8, 4) is 0 Å². The molecule has 1 aliphatic rings. The van der Waals surface area contributed by atoms with Crippen molar-refractivity contribution in [3.63, 3.8) is 0 Å². The molecule has 2 aromatic rings. The Labute approximate surface area is 122 Å². The summed E-state index contributed by atoms with van der Waals surface area (Å²) < 4.78 is 18.8. The summed E-state index contributed by atoms with van der Waals surface area (Å²) in [6, 6.07) is 12.0. The summed E-state index contributed by atoms with van der Waals surface area (Å²) in [5.41, 5.74) is 3.16. The van der Waals surface area contributed by atoms with Gasteiger partial charge in [-0.15, -0.1) is 0 Å². The van der Waals surface area contributed by atoms with Crippen molar-refractivity contribution in [3.05, 3.63) is 70.5 Å². The fourth-order valence-corrected chi connectivity index (χ4v) is 2.78. The summed E-state index contributed by atoms with van der Waals surface area (Å²) in [6.45, 7) is 0.781. The van der Waals surface area contributed by atoms with Crippen molar-refractivity contribution >= 4 is 5.97 Å². The van der Waals surface area contributed by atoms with E-state index in [0.717, 1.165) is 24.1 Å². The molecule has 4 heteroatoms. The Morgan fingerprint density at radius 3 is 2.81 bits per heavy atom. The zero-order chi connectivity index (χ0) is 14.8. The van der Waals surface area contributed by atoms with Gasteiger partial charge in [-0.2, -0.15) is 0 Å². The summed E-state index contributed by atoms with van der Waals surface area (Å²) in [6.07, 6.45) is 0.863. The van der Waals surface area contributed by atoms with E-state index in [1.807, 2.05) is 12.1 Å². The molecule has 0 bridgehead atoms. The Morgan fingerprint density at radius 2 is 2.05 bits per heavy atom. The second-order valence-electron chi connectivity index (χ2n) is 5.06. The van der Waals surface area contributed by atoms with Gasteiger partial charge in [-0.1, -0.05) is 24.3 Å². The minimum atomic E-state index is -0.379. The molecule has 2 aromatic carbocycles. The van der Waals surface area contributed by atoms with Gasteiger partial charge in [-0.3, -0.25) is 0 Å². The zero-order valence-electron chi connectivity index (χ0n) is 11.7. The highest BCUT2D eigenvalue weighted by atomic mass is 19.1. The van der Waals surface area contributed by atoms with Crippen LogP contribution in [0.15, 0.2) is 42.5 Å². The minimum Gasteiger partial charge on any atom is -0.465 e. The van der Waals surface area contributed by atoms with Crippen molar-refractivity contribution in [1.29, 1.82) is 0 Å². The second-order valence-corrected chi connectivity index (χ2v) is 5.06. The number of hydrogen-bond donors (Lipinski definition) is 1. The van der Waals surface area contributed by atoms with Crippen molar-refractivity contribution in [1.82, 2.24) is 5.32 Å². The van der Waals surface area contributed by atoms with Crippen molar-refractivity contribution in [2.75, 3.05) is 13.7 Å². The number of methoxy groups -OCH3 is 1. The lowest BCUT2D eigenvalue weighted by Gasteiger charge is -2.28. The van der Waals surface area contributed by atoms with Crippen LogP contribution in [-0.4, -0.2) is 19.6 Å². The van der Waals surface area contributed by atoms with E-state index < -0.39 is 0 Å². The number of nitrogens with one attached hydrogen (secondary N) is 1. The Bertz CT molecular complexity index is 684. The summed E-state index contributed by atoms with van der Waals surface area (Å²) in [7, 11) is 1.36. The first-order chi connectivity index (χ1) is 10.2. The van der Waals surface area contributed by atoms with E-state index in [0.29, 0.717) is 11.1 Å². The van der Waals surface area contributed by atoms with E-state index >= 15 is 0 Å². The molecule has 0 aromatic heterocycles. The number of carbonyl (C=O) groups excluding carboxylic acids is 1. The SMILES string of the molecule is COC(=O)c1ccc2c(c1)[C@@H](c1ccccc1F)NCC2. The molecule has 1 N–H and O–H groups in total. The van der Waals surface area contributed by atoms with Crippen LogP contribution in [0.25, 0.3) is 0 Å². The Morgan fingerprint density at radius 1 is 1.24 bits per heavy atom. The first-order valence-corrected chi connectivity index (χ1v) is 6.89. The fraction of sp³-hybridized carbons (Fsp3) is 0.235. The normalized spacial score (nSPS) is 17.1. The number of esters is 1. The maximum Gasteiger partial charge on any atom is 0.337 e. The molecule has 0 unspecified atom stereocenters. The van der Waals surface area contributed by atoms with Gasteiger partial charge in [0.2, 0.25) is 0 Å². The molecule has 1 atom stereocenters. The maximum absolute atomic E-state index is 14.1. The number of halogens is 1. The third-order valence-electron chi connectivity index (χ3n) is 3.84.